The van der Waals surface area contributed by atoms with Gasteiger partial charge in [0.25, 0.3) is 0 Å². The lowest BCUT2D eigenvalue weighted by atomic mass is 10.1. The van der Waals surface area contributed by atoms with Crippen LogP contribution in [0.3, 0.4) is 0 Å². The molecule has 4 heteroatoms. The molecule has 2 rings (SSSR count). The zero-order valence-electron chi connectivity index (χ0n) is 10.2. The highest BCUT2D eigenvalue weighted by Crippen LogP contribution is 2.35. The van der Waals surface area contributed by atoms with Gasteiger partial charge in [-0.1, -0.05) is 0 Å². The Morgan fingerprint density at radius 1 is 1.12 bits per heavy atom. The first-order chi connectivity index (χ1) is 8.30. The van der Waals surface area contributed by atoms with Gasteiger partial charge in [-0.25, -0.2) is 0 Å². The van der Waals surface area contributed by atoms with Gasteiger partial charge in [0.2, 0.25) is 0 Å². The van der Waals surface area contributed by atoms with Crippen molar-refractivity contribution in [2.24, 2.45) is 0 Å². The molecule has 1 aromatic carbocycles. The Hall–Kier alpha value is -1.89. The highest BCUT2D eigenvalue weighted by molar-refractivity contribution is 5.66. The first-order valence-electron chi connectivity index (χ1n) is 5.71. The second kappa shape index (κ2) is 4.96. The summed E-state index contributed by atoms with van der Waals surface area (Å²) in [6.45, 7) is 2.01. The fourth-order valence-electron chi connectivity index (χ4n) is 2.18. The molecule has 0 radical (unpaired) electrons. The molecule has 0 N–H and O–H groups in total. The van der Waals surface area contributed by atoms with E-state index >= 15 is 0 Å². The van der Waals surface area contributed by atoms with Crippen LogP contribution in [-0.2, 0) is 0 Å². The van der Waals surface area contributed by atoms with Crippen molar-refractivity contribution in [1.29, 1.82) is 5.26 Å². The van der Waals surface area contributed by atoms with Crippen molar-refractivity contribution >= 4 is 5.69 Å². The topological polar surface area (TPSA) is 45.5 Å². The van der Waals surface area contributed by atoms with E-state index in [2.05, 4.69) is 11.0 Å². The van der Waals surface area contributed by atoms with Crippen LogP contribution in [0.5, 0.6) is 11.5 Å². The molecule has 1 aliphatic rings. The van der Waals surface area contributed by atoms with Crippen molar-refractivity contribution in [2.75, 3.05) is 32.2 Å². The molecule has 0 aliphatic carbocycles. The number of rotatable bonds is 3. The lowest BCUT2D eigenvalue weighted by Crippen LogP contribution is -2.19. The van der Waals surface area contributed by atoms with Gasteiger partial charge in [-0.05, 0) is 12.8 Å². The largest absolute Gasteiger partial charge is 0.493 e. The number of anilines is 1. The number of benzene rings is 1. The van der Waals surface area contributed by atoms with Gasteiger partial charge in [0, 0.05) is 25.2 Å². The monoisotopic (exact) mass is 232 g/mol. The summed E-state index contributed by atoms with van der Waals surface area (Å²) < 4.78 is 10.5. The van der Waals surface area contributed by atoms with Crippen LogP contribution in [0.15, 0.2) is 12.1 Å². The summed E-state index contributed by atoms with van der Waals surface area (Å²) in [5.74, 6) is 1.28. The molecule has 17 heavy (non-hydrogen) atoms. The first kappa shape index (κ1) is 11.6. The molecular formula is C13H16N2O2. The van der Waals surface area contributed by atoms with E-state index in [-0.39, 0.29) is 0 Å². The van der Waals surface area contributed by atoms with Crippen LogP contribution in [0, 0.1) is 11.3 Å². The molecule has 0 saturated carbocycles. The lowest BCUT2D eigenvalue weighted by molar-refractivity contribution is 0.355. The summed E-state index contributed by atoms with van der Waals surface area (Å²) in [5, 5.41) is 9.19. The molecule has 1 heterocycles. The third-order valence-corrected chi connectivity index (χ3v) is 3.07. The van der Waals surface area contributed by atoms with E-state index in [1.165, 1.54) is 12.8 Å². The Morgan fingerprint density at radius 2 is 1.71 bits per heavy atom. The number of hydrogen-bond acceptors (Lipinski definition) is 4. The second-order valence-electron chi connectivity index (χ2n) is 4.03. The van der Waals surface area contributed by atoms with Crippen molar-refractivity contribution < 1.29 is 9.47 Å². The molecule has 0 unspecified atom stereocenters. The second-order valence-corrected chi connectivity index (χ2v) is 4.03. The number of methoxy groups -OCH3 is 2. The molecule has 1 saturated heterocycles. The van der Waals surface area contributed by atoms with Crippen LogP contribution < -0.4 is 14.4 Å². The third kappa shape index (κ3) is 2.14. The van der Waals surface area contributed by atoms with Crippen LogP contribution >= 0.6 is 0 Å². The van der Waals surface area contributed by atoms with Crippen molar-refractivity contribution in [3.05, 3.63) is 17.7 Å². The minimum Gasteiger partial charge on any atom is -0.493 e. The summed E-state index contributed by atoms with van der Waals surface area (Å²) in [7, 11) is 3.19. The Kier molecular flexibility index (Phi) is 3.38. The molecule has 0 bridgehead atoms. The van der Waals surface area contributed by atoms with Gasteiger partial charge in [0.05, 0.1) is 25.5 Å². The van der Waals surface area contributed by atoms with E-state index in [1.54, 1.807) is 20.3 Å². The highest BCUT2D eigenvalue weighted by atomic mass is 16.5. The van der Waals surface area contributed by atoms with Crippen LogP contribution in [0.1, 0.15) is 18.4 Å². The summed E-state index contributed by atoms with van der Waals surface area (Å²) >= 11 is 0. The van der Waals surface area contributed by atoms with Gasteiger partial charge in [-0.2, -0.15) is 5.26 Å². The molecule has 0 amide bonds. The maximum absolute atomic E-state index is 9.19. The SMILES string of the molecule is COc1cc(C#N)c(N2CCCC2)cc1OC. The molecule has 1 fully saturated rings. The summed E-state index contributed by atoms with van der Waals surface area (Å²) in [4.78, 5) is 2.22. The van der Waals surface area contributed by atoms with Crippen molar-refractivity contribution in [1.82, 2.24) is 0 Å². The van der Waals surface area contributed by atoms with Gasteiger partial charge >= 0.3 is 0 Å². The lowest BCUT2D eigenvalue weighted by Gasteiger charge is -2.20. The Balaban J connectivity index is 2.46. The van der Waals surface area contributed by atoms with E-state index in [1.807, 2.05) is 6.07 Å². The van der Waals surface area contributed by atoms with E-state index in [9.17, 15) is 5.26 Å². The van der Waals surface area contributed by atoms with E-state index < -0.39 is 0 Å². The van der Waals surface area contributed by atoms with E-state index in [0.29, 0.717) is 17.1 Å². The quantitative estimate of drug-likeness (QED) is 0.801. The highest BCUT2D eigenvalue weighted by Gasteiger charge is 2.19. The summed E-state index contributed by atoms with van der Waals surface area (Å²) in [5.41, 5.74) is 1.59. The van der Waals surface area contributed by atoms with Crippen LogP contribution in [0.2, 0.25) is 0 Å². The molecule has 0 atom stereocenters. The number of ether oxygens (including phenoxy) is 2. The van der Waals surface area contributed by atoms with Gasteiger partial charge < -0.3 is 14.4 Å². The number of hydrogen-bond donors (Lipinski definition) is 0. The summed E-state index contributed by atoms with van der Waals surface area (Å²) in [6, 6.07) is 5.86. The predicted molar refractivity (Wildman–Crippen MR) is 65.7 cm³/mol. The minimum absolute atomic E-state index is 0.604. The van der Waals surface area contributed by atoms with Crippen molar-refractivity contribution in [3.8, 4) is 17.6 Å². The average molecular weight is 232 g/mol. The molecule has 90 valence electrons. The van der Waals surface area contributed by atoms with Gasteiger partial charge in [-0.15, -0.1) is 0 Å². The number of nitriles is 1. The van der Waals surface area contributed by atoms with Gasteiger partial charge in [-0.3, -0.25) is 0 Å². The molecule has 4 nitrogen and oxygen atoms in total. The Morgan fingerprint density at radius 3 is 2.24 bits per heavy atom. The fraction of sp³-hybridized carbons (Fsp3) is 0.462. The predicted octanol–water partition coefficient (Wildman–Crippen LogP) is 2.18. The van der Waals surface area contributed by atoms with E-state index in [0.717, 1.165) is 18.8 Å². The fourth-order valence-corrected chi connectivity index (χ4v) is 2.18. The van der Waals surface area contributed by atoms with Crippen LogP contribution in [0.4, 0.5) is 5.69 Å². The standard InChI is InChI=1S/C13H16N2O2/c1-16-12-7-10(9-14)11(8-13(12)17-2)15-5-3-4-6-15/h7-8H,3-6H2,1-2H3. The minimum atomic E-state index is 0.604. The van der Waals surface area contributed by atoms with Crippen LogP contribution in [-0.4, -0.2) is 27.3 Å². The Bertz CT molecular complexity index is 445. The molecule has 0 spiro atoms. The molecule has 0 aromatic heterocycles. The van der Waals surface area contributed by atoms with Gasteiger partial charge in [0.15, 0.2) is 11.5 Å². The molecule has 1 aliphatic heterocycles. The van der Waals surface area contributed by atoms with Crippen molar-refractivity contribution in [2.45, 2.75) is 12.8 Å². The van der Waals surface area contributed by atoms with E-state index in [4.69, 9.17) is 9.47 Å². The number of nitrogens with zero attached hydrogens (tertiary/aromatic N) is 2. The smallest absolute Gasteiger partial charge is 0.162 e. The molecule has 1 aromatic rings. The Labute approximate surface area is 101 Å². The zero-order valence-corrected chi connectivity index (χ0v) is 10.2. The zero-order chi connectivity index (χ0) is 12.3. The van der Waals surface area contributed by atoms with Gasteiger partial charge in [0.1, 0.15) is 6.07 Å². The third-order valence-electron chi connectivity index (χ3n) is 3.07. The maximum Gasteiger partial charge on any atom is 0.162 e. The first-order valence-corrected chi connectivity index (χ1v) is 5.71. The molecular weight excluding hydrogens is 216 g/mol. The van der Waals surface area contributed by atoms with Crippen molar-refractivity contribution in [3.63, 3.8) is 0 Å². The summed E-state index contributed by atoms with van der Waals surface area (Å²) in [6.07, 6.45) is 2.36. The maximum atomic E-state index is 9.19. The normalized spacial score (nSPS) is 14.5. The van der Waals surface area contributed by atoms with Crippen LogP contribution in [0.25, 0.3) is 0 Å². The average Bonchev–Trinajstić information content (AvgIpc) is 2.90.